The van der Waals surface area contributed by atoms with Gasteiger partial charge in [0.05, 0.1) is 0 Å². The number of allylic oxidation sites excluding steroid dienone is 1. The van der Waals surface area contributed by atoms with E-state index in [1.165, 1.54) is 0 Å². The molecule has 13 heavy (non-hydrogen) atoms. The van der Waals surface area contributed by atoms with Crippen molar-refractivity contribution >= 4 is 33.3 Å². The highest BCUT2D eigenvalue weighted by molar-refractivity contribution is 8.77. The monoisotopic (exact) mass is 232 g/mol. The van der Waals surface area contributed by atoms with Crippen molar-refractivity contribution in [2.75, 3.05) is 17.3 Å². The Morgan fingerprint density at radius 3 is 2.69 bits per heavy atom. The molecule has 0 aromatic carbocycles. The van der Waals surface area contributed by atoms with E-state index in [0.717, 1.165) is 17.3 Å². The lowest BCUT2D eigenvalue weighted by molar-refractivity contribution is 1.66. The normalized spacial score (nSPS) is 11.5. The summed E-state index contributed by atoms with van der Waals surface area (Å²) in [5.74, 6) is 3.22. The van der Waals surface area contributed by atoms with Crippen molar-refractivity contribution in [3.63, 3.8) is 0 Å². The average molecular weight is 232 g/mol. The average Bonchev–Trinajstić information content (AvgIpc) is 2.16. The largest absolute Gasteiger partial charge is 0.154 e. The topological polar surface area (TPSA) is 0 Å². The third-order valence-corrected chi connectivity index (χ3v) is 3.89. The molecule has 0 fully saturated rings. The van der Waals surface area contributed by atoms with E-state index < -0.39 is 0 Å². The minimum atomic E-state index is 1.04. The van der Waals surface area contributed by atoms with Crippen LogP contribution in [0, 0.1) is 0 Å². The fourth-order valence-electron chi connectivity index (χ4n) is 0.512. The Hall–Kier alpha value is 0.270. The lowest BCUT2D eigenvalue weighted by atomic mass is 10.6. The highest BCUT2D eigenvalue weighted by Crippen LogP contribution is 2.22. The maximum atomic E-state index is 3.67. The molecule has 0 nitrogen and oxygen atoms in total. The first kappa shape index (κ1) is 13.3. The molecular weight excluding hydrogens is 216 g/mol. The summed E-state index contributed by atoms with van der Waals surface area (Å²) >= 11 is 1.88. The molecule has 0 heterocycles. The van der Waals surface area contributed by atoms with Crippen molar-refractivity contribution in [2.45, 2.75) is 6.92 Å². The van der Waals surface area contributed by atoms with E-state index in [9.17, 15) is 0 Å². The SMILES string of the molecule is C=CCSCC=CSSCC=CC. The predicted molar refractivity (Wildman–Crippen MR) is 71.5 cm³/mol. The third kappa shape index (κ3) is 12.3. The van der Waals surface area contributed by atoms with Crippen LogP contribution < -0.4 is 0 Å². The van der Waals surface area contributed by atoms with E-state index in [4.69, 9.17) is 0 Å². The molecule has 0 aromatic heterocycles. The summed E-state index contributed by atoms with van der Waals surface area (Å²) in [5.41, 5.74) is 0. The van der Waals surface area contributed by atoms with Gasteiger partial charge in [-0.15, -0.1) is 6.58 Å². The zero-order chi connectivity index (χ0) is 9.78. The van der Waals surface area contributed by atoms with Gasteiger partial charge in [-0.3, -0.25) is 0 Å². The van der Waals surface area contributed by atoms with E-state index in [0.29, 0.717) is 0 Å². The smallest absolute Gasteiger partial charge is 0.0220 e. The first-order valence-electron chi connectivity index (χ1n) is 4.15. The highest BCUT2D eigenvalue weighted by Gasteiger charge is 1.81. The Morgan fingerprint density at radius 1 is 1.15 bits per heavy atom. The molecule has 0 amide bonds. The predicted octanol–water partition coefficient (Wildman–Crippen LogP) is 4.38. The lowest BCUT2D eigenvalue weighted by Crippen LogP contribution is -1.71. The Kier molecular flexibility index (Phi) is 12.5. The number of hydrogen-bond acceptors (Lipinski definition) is 3. The van der Waals surface area contributed by atoms with Crippen LogP contribution in [0.1, 0.15) is 6.92 Å². The summed E-state index contributed by atoms with van der Waals surface area (Å²) in [7, 11) is 3.65. The van der Waals surface area contributed by atoms with Gasteiger partial charge in [-0.2, -0.15) is 11.8 Å². The van der Waals surface area contributed by atoms with Crippen molar-refractivity contribution in [3.8, 4) is 0 Å². The molecule has 0 aliphatic carbocycles. The van der Waals surface area contributed by atoms with Gasteiger partial charge in [0.1, 0.15) is 0 Å². The molecule has 0 aliphatic heterocycles. The molecule has 0 rings (SSSR count). The Labute approximate surface area is 93.7 Å². The van der Waals surface area contributed by atoms with E-state index >= 15 is 0 Å². The van der Waals surface area contributed by atoms with E-state index in [2.05, 4.69) is 30.2 Å². The molecule has 0 atom stereocenters. The molecule has 0 unspecified atom stereocenters. The second kappa shape index (κ2) is 12.3. The summed E-state index contributed by atoms with van der Waals surface area (Å²) in [6.07, 6.45) is 8.38. The standard InChI is InChI=1S/C10H16S3/c1-3-5-9-12-13-10-6-8-11-7-4-2/h3-6,10H,2,7-9H2,1H3. The molecule has 0 aliphatic rings. The first-order chi connectivity index (χ1) is 6.41. The summed E-state index contributed by atoms with van der Waals surface area (Å²) < 4.78 is 0. The fraction of sp³-hybridized carbons (Fsp3) is 0.400. The van der Waals surface area contributed by atoms with Gasteiger partial charge >= 0.3 is 0 Å². The zero-order valence-corrected chi connectivity index (χ0v) is 10.4. The van der Waals surface area contributed by atoms with Crippen molar-refractivity contribution < 1.29 is 0 Å². The second-order valence-corrected chi connectivity index (χ2v) is 5.54. The van der Waals surface area contributed by atoms with Crippen LogP contribution in [0.25, 0.3) is 0 Å². The first-order valence-corrected chi connectivity index (χ1v) is 7.68. The molecule has 0 N–H and O–H groups in total. The van der Waals surface area contributed by atoms with Gasteiger partial charge in [-0.1, -0.05) is 45.9 Å². The minimum absolute atomic E-state index is 1.04. The summed E-state index contributed by atoms with van der Waals surface area (Å²) in [6, 6.07) is 0. The second-order valence-electron chi connectivity index (χ2n) is 2.15. The van der Waals surface area contributed by atoms with Crippen LogP contribution in [-0.4, -0.2) is 17.3 Å². The van der Waals surface area contributed by atoms with Crippen LogP contribution in [-0.2, 0) is 0 Å². The lowest BCUT2D eigenvalue weighted by Gasteiger charge is -1.91. The summed E-state index contributed by atoms with van der Waals surface area (Å²) in [5, 5.41) is 2.16. The molecule has 0 bridgehead atoms. The molecular formula is C10H16S3. The molecule has 0 spiro atoms. The number of thioether (sulfide) groups is 1. The van der Waals surface area contributed by atoms with Gasteiger partial charge in [0.25, 0.3) is 0 Å². The minimum Gasteiger partial charge on any atom is -0.154 e. The van der Waals surface area contributed by atoms with Crippen molar-refractivity contribution in [2.24, 2.45) is 0 Å². The number of rotatable bonds is 8. The third-order valence-electron chi connectivity index (χ3n) is 1.07. The molecule has 3 heteroatoms. The van der Waals surface area contributed by atoms with Crippen LogP contribution in [0.15, 0.2) is 36.3 Å². The molecule has 74 valence electrons. The maximum absolute atomic E-state index is 3.67. The van der Waals surface area contributed by atoms with Gasteiger partial charge in [-0.25, -0.2) is 0 Å². The van der Waals surface area contributed by atoms with Crippen molar-refractivity contribution in [3.05, 3.63) is 36.3 Å². The summed E-state index contributed by atoms with van der Waals surface area (Å²) in [6.45, 7) is 5.72. The molecule has 0 aromatic rings. The quantitative estimate of drug-likeness (QED) is 0.346. The van der Waals surface area contributed by atoms with Gasteiger partial charge < -0.3 is 0 Å². The molecule has 0 saturated carbocycles. The van der Waals surface area contributed by atoms with Crippen LogP contribution >= 0.6 is 33.3 Å². The van der Waals surface area contributed by atoms with E-state index in [1.54, 1.807) is 10.8 Å². The Bertz CT molecular complexity index is 162. The number of hydrogen-bond donors (Lipinski definition) is 0. The van der Waals surface area contributed by atoms with E-state index in [-0.39, 0.29) is 0 Å². The van der Waals surface area contributed by atoms with Gasteiger partial charge in [0.15, 0.2) is 0 Å². The Morgan fingerprint density at radius 2 is 2.00 bits per heavy atom. The van der Waals surface area contributed by atoms with Crippen molar-refractivity contribution in [1.29, 1.82) is 0 Å². The maximum Gasteiger partial charge on any atom is 0.0220 e. The van der Waals surface area contributed by atoms with Crippen LogP contribution in [0.2, 0.25) is 0 Å². The zero-order valence-electron chi connectivity index (χ0n) is 7.94. The summed E-state index contributed by atoms with van der Waals surface area (Å²) in [4.78, 5) is 0. The van der Waals surface area contributed by atoms with Gasteiger partial charge in [0.2, 0.25) is 0 Å². The van der Waals surface area contributed by atoms with Crippen LogP contribution in [0.4, 0.5) is 0 Å². The van der Waals surface area contributed by atoms with Crippen LogP contribution in [0.5, 0.6) is 0 Å². The molecule has 0 radical (unpaired) electrons. The van der Waals surface area contributed by atoms with Gasteiger partial charge in [-0.05, 0) is 12.3 Å². The van der Waals surface area contributed by atoms with Gasteiger partial charge in [0, 0.05) is 17.3 Å². The molecule has 0 saturated heterocycles. The Balaban J connectivity index is 3.07. The van der Waals surface area contributed by atoms with Crippen molar-refractivity contribution in [1.82, 2.24) is 0 Å². The van der Waals surface area contributed by atoms with Crippen LogP contribution in [0.3, 0.4) is 0 Å². The highest BCUT2D eigenvalue weighted by atomic mass is 33.1. The van der Waals surface area contributed by atoms with E-state index in [1.807, 2.05) is 35.6 Å². The fourth-order valence-corrected chi connectivity index (χ4v) is 2.71.